The van der Waals surface area contributed by atoms with Gasteiger partial charge in [0, 0.05) is 85.7 Å². The van der Waals surface area contributed by atoms with E-state index in [1.807, 2.05) is 4.90 Å². The Bertz CT molecular complexity index is 529. The van der Waals surface area contributed by atoms with Crippen LogP contribution in [0.3, 0.4) is 0 Å². The van der Waals surface area contributed by atoms with Crippen LogP contribution in [-0.4, -0.2) is 158 Å². The predicted octanol–water partition coefficient (Wildman–Crippen LogP) is -1.68. The first kappa shape index (κ1) is 23.9. The minimum atomic E-state index is -0.630. The number of piperazine rings is 2. The highest BCUT2D eigenvalue weighted by atomic mass is 16.6. The summed E-state index contributed by atoms with van der Waals surface area (Å²) in [6.07, 6.45) is -1.12. The van der Waals surface area contributed by atoms with Crippen molar-refractivity contribution in [2.75, 3.05) is 99.9 Å². The number of amides is 1. The van der Waals surface area contributed by atoms with Crippen LogP contribution in [0.2, 0.25) is 0 Å². The Kier molecular flexibility index (Phi) is 9.37. The lowest BCUT2D eigenvalue weighted by atomic mass is 9.93. The molecular weight excluding hydrogens is 387 g/mol. The van der Waals surface area contributed by atoms with Gasteiger partial charge in [-0.15, -0.1) is 0 Å². The Morgan fingerprint density at radius 1 is 0.967 bits per heavy atom. The van der Waals surface area contributed by atoms with Crippen LogP contribution in [0.4, 0.5) is 0 Å². The lowest BCUT2D eigenvalue weighted by Gasteiger charge is -2.37. The highest BCUT2D eigenvalue weighted by Crippen LogP contribution is 2.25. The molecule has 3 rings (SSSR count). The molecule has 1 unspecified atom stereocenters. The van der Waals surface area contributed by atoms with Gasteiger partial charge in [-0.05, 0) is 7.05 Å². The molecule has 0 spiro atoms. The van der Waals surface area contributed by atoms with E-state index in [2.05, 4.69) is 21.7 Å². The van der Waals surface area contributed by atoms with E-state index >= 15 is 0 Å². The SMILES string of the molecule is [B][C@@H]1O[C@H](COC)C(OC)[C@@H]1OCC(=O)N1CCN(CCN2CCN(C)CC2)CC1. The quantitative estimate of drug-likeness (QED) is 0.407. The van der Waals surface area contributed by atoms with E-state index in [9.17, 15) is 4.79 Å². The van der Waals surface area contributed by atoms with Crippen molar-refractivity contribution < 1.29 is 23.7 Å². The number of nitrogens with zero attached hydrogens (tertiary/aromatic N) is 4. The first-order valence-corrected chi connectivity index (χ1v) is 11.0. The number of methoxy groups -OCH3 is 2. The molecular formula is C20H37BN4O5. The summed E-state index contributed by atoms with van der Waals surface area (Å²) in [6.45, 7) is 10.4. The van der Waals surface area contributed by atoms with Crippen LogP contribution in [0.1, 0.15) is 0 Å². The number of hydrogen-bond donors (Lipinski definition) is 0. The maximum absolute atomic E-state index is 12.6. The van der Waals surface area contributed by atoms with Crippen LogP contribution in [0, 0.1) is 0 Å². The highest BCUT2D eigenvalue weighted by molar-refractivity contribution is 6.11. The molecule has 0 bridgehead atoms. The first-order chi connectivity index (χ1) is 14.5. The number of likely N-dealkylation sites (N-methyl/N-ethyl adjacent to an activating group) is 1. The number of hydrogen-bond acceptors (Lipinski definition) is 8. The van der Waals surface area contributed by atoms with E-state index in [0.717, 1.165) is 65.4 Å². The monoisotopic (exact) mass is 424 g/mol. The second-order valence-electron chi connectivity index (χ2n) is 8.44. The van der Waals surface area contributed by atoms with Crippen LogP contribution in [0.5, 0.6) is 0 Å². The molecule has 1 amide bonds. The third-order valence-corrected chi connectivity index (χ3v) is 6.40. The normalized spacial score (nSPS) is 32.0. The summed E-state index contributed by atoms with van der Waals surface area (Å²) in [4.78, 5) is 21.9. The maximum atomic E-state index is 12.6. The fraction of sp³-hybridized carbons (Fsp3) is 0.950. The first-order valence-electron chi connectivity index (χ1n) is 11.0. The Hall–Kier alpha value is -0.745. The molecule has 10 heteroatoms. The largest absolute Gasteiger partial charge is 0.382 e. The predicted molar refractivity (Wildman–Crippen MR) is 114 cm³/mol. The van der Waals surface area contributed by atoms with E-state index in [-0.39, 0.29) is 24.7 Å². The van der Waals surface area contributed by atoms with Crippen LogP contribution in [-0.2, 0) is 23.7 Å². The van der Waals surface area contributed by atoms with Crippen LogP contribution >= 0.6 is 0 Å². The standard InChI is InChI=1S/C20H37BN4O5/c1-22-4-6-23(7-5-22)8-9-24-10-12-25(13-11-24)17(26)15-29-19-18(28-3)16(14-27-2)30-20(19)21/h16,18-20H,4-15H2,1-3H3/t16-,18?,19+,20-/m1/s1. The molecule has 0 aromatic heterocycles. The molecule has 0 aromatic rings. The molecule has 2 radical (unpaired) electrons. The van der Waals surface area contributed by atoms with E-state index in [1.165, 1.54) is 0 Å². The van der Waals surface area contributed by atoms with Crippen molar-refractivity contribution in [3.05, 3.63) is 0 Å². The van der Waals surface area contributed by atoms with Gasteiger partial charge >= 0.3 is 0 Å². The molecule has 0 N–H and O–H groups in total. The molecule has 30 heavy (non-hydrogen) atoms. The van der Waals surface area contributed by atoms with Gasteiger partial charge in [-0.3, -0.25) is 14.6 Å². The zero-order valence-corrected chi connectivity index (χ0v) is 18.7. The Balaban J connectivity index is 1.35. The van der Waals surface area contributed by atoms with Gasteiger partial charge in [-0.25, -0.2) is 0 Å². The third kappa shape index (κ3) is 6.38. The molecule has 3 aliphatic heterocycles. The number of ether oxygens (including phenoxy) is 4. The Labute approximate surface area is 181 Å². The van der Waals surface area contributed by atoms with Gasteiger partial charge in [0.15, 0.2) is 0 Å². The fourth-order valence-corrected chi connectivity index (χ4v) is 4.36. The number of carbonyl (C=O) groups is 1. The summed E-state index contributed by atoms with van der Waals surface area (Å²) in [7, 11) is 11.4. The van der Waals surface area contributed by atoms with Crippen molar-refractivity contribution in [1.29, 1.82) is 0 Å². The summed E-state index contributed by atoms with van der Waals surface area (Å²) in [5.74, 6) is -0.00837. The molecule has 3 aliphatic rings. The van der Waals surface area contributed by atoms with Crippen LogP contribution in [0.25, 0.3) is 0 Å². The van der Waals surface area contributed by atoms with Crippen molar-refractivity contribution in [2.24, 2.45) is 0 Å². The molecule has 3 heterocycles. The van der Waals surface area contributed by atoms with Crippen LogP contribution in [0.15, 0.2) is 0 Å². The van der Waals surface area contributed by atoms with Crippen molar-refractivity contribution in [1.82, 2.24) is 19.6 Å². The summed E-state index contributed by atoms with van der Waals surface area (Å²) in [5.41, 5.74) is 0. The number of rotatable bonds is 9. The van der Waals surface area contributed by atoms with E-state index < -0.39 is 12.1 Å². The average molecular weight is 424 g/mol. The molecule has 4 atom stereocenters. The van der Waals surface area contributed by atoms with E-state index in [4.69, 9.17) is 26.8 Å². The van der Waals surface area contributed by atoms with Gasteiger partial charge in [0.05, 0.1) is 6.61 Å². The minimum absolute atomic E-state index is 0.00837. The lowest BCUT2D eigenvalue weighted by molar-refractivity contribution is -0.142. The summed E-state index contributed by atoms with van der Waals surface area (Å²) < 4.78 is 22.1. The summed E-state index contributed by atoms with van der Waals surface area (Å²) in [6, 6.07) is -0.630. The third-order valence-electron chi connectivity index (χ3n) is 6.40. The molecule has 0 aliphatic carbocycles. The lowest BCUT2D eigenvalue weighted by Crippen LogP contribution is -2.52. The molecule has 3 fully saturated rings. The molecule has 0 saturated carbocycles. The van der Waals surface area contributed by atoms with Gasteiger partial charge < -0.3 is 28.7 Å². The van der Waals surface area contributed by atoms with Crippen molar-refractivity contribution in [3.63, 3.8) is 0 Å². The second kappa shape index (κ2) is 11.8. The molecule has 3 saturated heterocycles. The Morgan fingerprint density at radius 3 is 2.13 bits per heavy atom. The summed E-state index contributed by atoms with van der Waals surface area (Å²) in [5, 5.41) is 0. The molecule has 9 nitrogen and oxygen atoms in total. The van der Waals surface area contributed by atoms with Crippen LogP contribution < -0.4 is 0 Å². The number of carbonyl (C=O) groups excluding carboxylic acids is 1. The zero-order chi connectivity index (χ0) is 21.5. The fourth-order valence-electron chi connectivity index (χ4n) is 4.36. The summed E-state index contributed by atoms with van der Waals surface area (Å²) >= 11 is 0. The van der Waals surface area contributed by atoms with Crippen molar-refractivity contribution >= 4 is 13.8 Å². The van der Waals surface area contributed by atoms with Gasteiger partial charge in [0.1, 0.15) is 32.8 Å². The second-order valence-corrected chi connectivity index (χ2v) is 8.44. The van der Waals surface area contributed by atoms with Crippen molar-refractivity contribution in [3.8, 4) is 0 Å². The highest BCUT2D eigenvalue weighted by Gasteiger charge is 2.43. The Morgan fingerprint density at radius 2 is 1.57 bits per heavy atom. The van der Waals surface area contributed by atoms with Gasteiger partial charge in [-0.1, -0.05) is 0 Å². The van der Waals surface area contributed by atoms with Crippen molar-refractivity contribution in [2.45, 2.75) is 24.3 Å². The van der Waals surface area contributed by atoms with Gasteiger partial charge in [-0.2, -0.15) is 0 Å². The molecule has 0 aromatic carbocycles. The zero-order valence-electron chi connectivity index (χ0n) is 18.7. The topological polar surface area (TPSA) is 67.0 Å². The van der Waals surface area contributed by atoms with Gasteiger partial charge in [0.25, 0.3) is 0 Å². The van der Waals surface area contributed by atoms with E-state index in [0.29, 0.717) is 6.61 Å². The minimum Gasteiger partial charge on any atom is -0.382 e. The van der Waals surface area contributed by atoms with Gasteiger partial charge in [0.2, 0.25) is 5.91 Å². The smallest absolute Gasteiger partial charge is 0.248 e. The molecule has 170 valence electrons. The average Bonchev–Trinajstić information content (AvgIpc) is 3.06. The van der Waals surface area contributed by atoms with E-state index in [1.54, 1.807) is 14.2 Å². The maximum Gasteiger partial charge on any atom is 0.248 e.